The van der Waals surface area contributed by atoms with Crippen molar-refractivity contribution in [3.05, 3.63) is 29.3 Å². The Balaban J connectivity index is 3.18. The summed E-state index contributed by atoms with van der Waals surface area (Å²) in [4.78, 5) is 0.403. The molecule has 0 saturated heterocycles. The molecule has 4 heteroatoms. The zero-order chi connectivity index (χ0) is 11.6. The van der Waals surface area contributed by atoms with Crippen LogP contribution in [-0.2, 0) is 16.3 Å². The van der Waals surface area contributed by atoms with Crippen LogP contribution in [0.15, 0.2) is 23.1 Å². The van der Waals surface area contributed by atoms with E-state index in [1.807, 2.05) is 19.1 Å². The summed E-state index contributed by atoms with van der Waals surface area (Å²) >= 11 is 0. The van der Waals surface area contributed by atoms with Crippen LogP contribution in [0.3, 0.4) is 0 Å². The Morgan fingerprint density at radius 2 is 2.00 bits per heavy atom. The quantitative estimate of drug-likeness (QED) is 0.846. The molecule has 0 aromatic heterocycles. The van der Waals surface area contributed by atoms with Gasteiger partial charge < -0.3 is 5.73 Å². The van der Waals surface area contributed by atoms with E-state index < -0.39 is 9.84 Å². The highest BCUT2D eigenvalue weighted by molar-refractivity contribution is 7.90. The van der Waals surface area contributed by atoms with Crippen LogP contribution in [0.1, 0.15) is 18.1 Å². The molecule has 1 rings (SSSR count). The first-order valence-electron chi connectivity index (χ1n) is 4.86. The first kappa shape index (κ1) is 12.2. The van der Waals surface area contributed by atoms with Crippen molar-refractivity contribution in [2.75, 3.05) is 6.26 Å². The Kier molecular flexibility index (Phi) is 3.52. The van der Waals surface area contributed by atoms with E-state index in [4.69, 9.17) is 5.73 Å². The minimum Gasteiger partial charge on any atom is -0.328 e. The molecule has 3 nitrogen and oxygen atoms in total. The van der Waals surface area contributed by atoms with Crippen LogP contribution in [0.4, 0.5) is 0 Å². The van der Waals surface area contributed by atoms with Crippen LogP contribution in [0, 0.1) is 6.92 Å². The SMILES string of the molecule is Cc1ccc(CC(C)N)cc1S(C)(=O)=O. The minimum absolute atomic E-state index is 0.0418. The van der Waals surface area contributed by atoms with E-state index in [-0.39, 0.29) is 6.04 Å². The van der Waals surface area contributed by atoms with Gasteiger partial charge >= 0.3 is 0 Å². The summed E-state index contributed by atoms with van der Waals surface area (Å²) in [6, 6.07) is 5.51. The largest absolute Gasteiger partial charge is 0.328 e. The Morgan fingerprint density at radius 3 is 2.47 bits per heavy atom. The molecule has 1 unspecified atom stereocenters. The summed E-state index contributed by atoms with van der Waals surface area (Å²) in [6.45, 7) is 3.70. The lowest BCUT2D eigenvalue weighted by molar-refractivity contribution is 0.601. The molecule has 1 aromatic carbocycles. The lowest BCUT2D eigenvalue weighted by Crippen LogP contribution is -2.18. The van der Waals surface area contributed by atoms with Gasteiger partial charge in [-0.2, -0.15) is 0 Å². The zero-order valence-corrected chi connectivity index (χ0v) is 10.1. The summed E-state index contributed by atoms with van der Waals surface area (Å²) in [6.07, 6.45) is 1.92. The number of hydrogen-bond acceptors (Lipinski definition) is 3. The zero-order valence-electron chi connectivity index (χ0n) is 9.32. The summed E-state index contributed by atoms with van der Waals surface area (Å²) < 4.78 is 22.9. The van der Waals surface area contributed by atoms with E-state index in [0.717, 1.165) is 11.1 Å². The number of sulfone groups is 1. The van der Waals surface area contributed by atoms with Crippen LogP contribution in [0.25, 0.3) is 0 Å². The molecule has 0 bridgehead atoms. The normalized spacial score (nSPS) is 13.9. The topological polar surface area (TPSA) is 60.2 Å². The van der Waals surface area contributed by atoms with Crippen LogP contribution < -0.4 is 5.73 Å². The van der Waals surface area contributed by atoms with Gasteiger partial charge in [-0.15, -0.1) is 0 Å². The van der Waals surface area contributed by atoms with Crippen LogP contribution >= 0.6 is 0 Å². The van der Waals surface area contributed by atoms with E-state index in [1.54, 1.807) is 13.0 Å². The number of nitrogens with two attached hydrogens (primary N) is 1. The molecular formula is C11H17NO2S. The third-order valence-corrected chi connectivity index (χ3v) is 3.45. The molecule has 0 aliphatic carbocycles. The highest BCUT2D eigenvalue weighted by atomic mass is 32.2. The number of aryl methyl sites for hydroxylation is 1. The van der Waals surface area contributed by atoms with Gasteiger partial charge in [-0.3, -0.25) is 0 Å². The molecule has 0 aliphatic heterocycles. The summed E-state index contributed by atoms with van der Waals surface area (Å²) in [7, 11) is -3.13. The molecule has 84 valence electrons. The highest BCUT2D eigenvalue weighted by Gasteiger charge is 2.11. The lowest BCUT2D eigenvalue weighted by Gasteiger charge is -2.09. The average molecular weight is 227 g/mol. The Hall–Kier alpha value is -0.870. The van der Waals surface area contributed by atoms with Gasteiger partial charge in [-0.1, -0.05) is 12.1 Å². The Labute approximate surface area is 91.2 Å². The summed E-state index contributed by atoms with van der Waals surface area (Å²) in [5.41, 5.74) is 7.42. The van der Waals surface area contributed by atoms with Gasteiger partial charge in [0, 0.05) is 12.3 Å². The third kappa shape index (κ3) is 3.32. The van der Waals surface area contributed by atoms with Gasteiger partial charge in [0.25, 0.3) is 0 Å². The number of rotatable bonds is 3. The molecule has 1 atom stereocenters. The fraction of sp³-hybridized carbons (Fsp3) is 0.455. The highest BCUT2D eigenvalue weighted by Crippen LogP contribution is 2.17. The lowest BCUT2D eigenvalue weighted by atomic mass is 10.1. The fourth-order valence-corrected chi connectivity index (χ4v) is 2.56. The van der Waals surface area contributed by atoms with Gasteiger partial charge in [0.05, 0.1) is 4.90 Å². The maximum atomic E-state index is 11.5. The van der Waals surface area contributed by atoms with E-state index >= 15 is 0 Å². The standard InChI is InChI=1S/C11H17NO2S/c1-8-4-5-10(6-9(2)12)7-11(8)15(3,13)14/h4-5,7,9H,6,12H2,1-3H3. The van der Waals surface area contributed by atoms with Crippen molar-refractivity contribution in [2.24, 2.45) is 5.73 Å². The van der Waals surface area contributed by atoms with E-state index in [0.29, 0.717) is 11.3 Å². The molecule has 0 spiro atoms. The summed E-state index contributed by atoms with van der Waals surface area (Å²) in [5.74, 6) is 0. The van der Waals surface area contributed by atoms with Crippen LogP contribution in [0.2, 0.25) is 0 Å². The first-order chi connectivity index (χ1) is 6.80. The van der Waals surface area contributed by atoms with Crippen molar-refractivity contribution in [3.8, 4) is 0 Å². The predicted molar refractivity (Wildman–Crippen MR) is 61.6 cm³/mol. The minimum atomic E-state index is -3.13. The molecule has 0 heterocycles. The molecule has 2 N–H and O–H groups in total. The fourth-order valence-electron chi connectivity index (χ4n) is 1.54. The maximum Gasteiger partial charge on any atom is 0.175 e. The smallest absolute Gasteiger partial charge is 0.175 e. The van der Waals surface area contributed by atoms with E-state index in [9.17, 15) is 8.42 Å². The molecule has 0 radical (unpaired) electrons. The Morgan fingerprint density at radius 1 is 1.40 bits per heavy atom. The predicted octanol–water partition coefficient (Wildman–Crippen LogP) is 1.29. The van der Waals surface area contributed by atoms with E-state index in [2.05, 4.69) is 0 Å². The molecular weight excluding hydrogens is 210 g/mol. The van der Waals surface area contributed by atoms with Gasteiger partial charge in [-0.25, -0.2) is 8.42 Å². The van der Waals surface area contributed by atoms with Crippen molar-refractivity contribution < 1.29 is 8.42 Å². The monoisotopic (exact) mass is 227 g/mol. The first-order valence-corrected chi connectivity index (χ1v) is 6.75. The molecule has 0 amide bonds. The summed E-state index contributed by atoms with van der Waals surface area (Å²) in [5, 5.41) is 0. The van der Waals surface area contributed by atoms with Crippen molar-refractivity contribution in [1.82, 2.24) is 0 Å². The maximum absolute atomic E-state index is 11.5. The average Bonchev–Trinajstić information content (AvgIpc) is 2.05. The molecule has 0 fully saturated rings. The van der Waals surface area contributed by atoms with Gasteiger partial charge in [0.2, 0.25) is 0 Å². The van der Waals surface area contributed by atoms with Crippen molar-refractivity contribution in [2.45, 2.75) is 31.2 Å². The number of benzene rings is 1. The van der Waals surface area contributed by atoms with Crippen LogP contribution in [-0.4, -0.2) is 20.7 Å². The van der Waals surface area contributed by atoms with Crippen molar-refractivity contribution in [1.29, 1.82) is 0 Å². The molecule has 0 saturated carbocycles. The molecule has 1 aromatic rings. The van der Waals surface area contributed by atoms with Gasteiger partial charge in [-0.05, 0) is 37.5 Å². The second-order valence-corrected chi connectivity index (χ2v) is 6.04. The number of hydrogen-bond donors (Lipinski definition) is 1. The second-order valence-electron chi connectivity index (χ2n) is 4.05. The van der Waals surface area contributed by atoms with Gasteiger partial charge in [0.1, 0.15) is 0 Å². The van der Waals surface area contributed by atoms with E-state index in [1.165, 1.54) is 6.26 Å². The van der Waals surface area contributed by atoms with Gasteiger partial charge in [0.15, 0.2) is 9.84 Å². The van der Waals surface area contributed by atoms with Crippen molar-refractivity contribution in [3.63, 3.8) is 0 Å². The molecule has 15 heavy (non-hydrogen) atoms. The van der Waals surface area contributed by atoms with Crippen molar-refractivity contribution >= 4 is 9.84 Å². The molecule has 0 aliphatic rings. The van der Waals surface area contributed by atoms with Crippen LogP contribution in [0.5, 0.6) is 0 Å². The second kappa shape index (κ2) is 4.33. The third-order valence-electron chi connectivity index (χ3n) is 2.21. The Bertz CT molecular complexity index is 450.